The minimum atomic E-state index is -0.437. The number of fused-ring (bicyclic) bond motifs is 1. The molecule has 1 aromatic rings. The van der Waals surface area contributed by atoms with Gasteiger partial charge in [0.15, 0.2) is 0 Å². The highest BCUT2D eigenvalue weighted by Gasteiger charge is 2.45. The van der Waals surface area contributed by atoms with Crippen LogP contribution in [0.25, 0.3) is 0 Å². The maximum Gasteiger partial charge on any atom is 0.254 e. The van der Waals surface area contributed by atoms with Crippen LogP contribution in [-0.4, -0.2) is 41.5 Å². The van der Waals surface area contributed by atoms with Crippen molar-refractivity contribution >= 4 is 11.8 Å². The highest BCUT2D eigenvalue weighted by molar-refractivity contribution is 5.99. The molecule has 2 amide bonds. The summed E-state index contributed by atoms with van der Waals surface area (Å²) in [5.41, 5.74) is 1.38. The lowest BCUT2D eigenvalue weighted by atomic mass is 9.84. The lowest BCUT2D eigenvalue weighted by Gasteiger charge is -2.44. The first kappa shape index (κ1) is 16.0. The van der Waals surface area contributed by atoms with Crippen LogP contribution in [0.4, 0.5) is 0 Å². The third kappa shape index (κ3) is 3.11. The molecule has 0 spiro atoms. The molecule has 0 atom stereocenters. The van der Waals surface area contributed by atoms with Crippen LogP contribution in [0.15, 0.2) is 24.3 Å². The molecule has 0 radical (unpaired) electrons. The van der Waals surface area contributed by atoms with Gasteiger partial charge in [-0.15, -0.1) is 0 Å². The van der Waals surface area contributed by atoms with Crippen LogP contribution in [0.3, 0.4) is 0 Å². The molecule has 0 aromatic heterocycles. The van der Waals surface area contributed by atoms with Crippen molar-refractivity contribution < 1.29 is 14.3 Å². The van der Waals surface area contributed by atoms with E-state index in [-0.39, 0.29) is 17.9 Å². The van der Waals surface area contributed by atoms with Crippen LogP contribution in [0.1, 0.15) is 49.0 Å². The van der Waals surface area contributed by atoms with Gasteiger partial charge in [0.05, 0.1) is 12.0 Å². The summed E-state index contributed by atoms with van der Waals surface area (Å²) in [5, 5.41) is 2.96. The van der Waals surface area contributed by atoms with E-state index >= 15 is 0 Å². The van der Waals surface area contributed by atoms with Crippen molar-refractivity contribution in [1.82, 2.24) is 10.2 Å². The summed E-state index contributed by atoms with van der Waals surface area (Å²) in [4.78, 5) is 27.1. The fourth-order valence-electron chi connectivity index (χ4n) is 3.60. The topological polar surface area (TPSA) is 58.6 Å². The maximum atomic E-state index is 12.9. The molecule has 0 saturated carbocycles. The summed E-state index contributed by atoms with van der Waals surface area (Å²) >= 11 is 0. The van der Waals surface area contributed by atoms with Gasteiger partial charge < -0.3 is 15.0 Å². The fraction of sp³-hybridized carbons (Fsp3) is 0.556. The maximum absolute atomic E-state index is 12.9. The van der Waals surface area contributed by atoms with Crippen LogP contribution < -0.4 is 5.32 Å². The van der Waals surface area contributed by atoms with Crippen molar-refractivity contribution in [2.75, 3.05) is 13.2 Å². The zero-order valence-electron chi connectivity index (χ0n) is 13.8. The number of rotatable bonds is 4. The van der Waals surface area contributed by atoms with Gasteiger partial charge in [0.2, 0.25) is 5.91 Å². The van der Waals surface area contributed by atoms with Crippen LogP contribution in [0.5, 0.6) is 0 Å². The standard InChI is InChI=1S/C18H24N2O3/c1-13(2)19-16(21)11-18(7-9-23-10-8-18)20-12-14-5-3-4-6-15(14)17(20)22/h3-6,13H,7-12H2,1-2H3,(H,19,21). The quantitative estimate of drug-likeness (QED) is 0.925. The Bertz CT molecular complexity index is 606. The lowest BCUT2D eigenvalue weighted by Crippen LogP contribution is -2.55. The van der Waals surface area contributed by atoms with E-state index in [0.29, 0.717) is 39.0 Å². The molecule has 23 heavy (non-hydrogen) atoms. The van der Waals surface area contributed by atoms with Gasteiger partial charge >= 0.3 is 0 Å². The molecule has 124 valence electrons. The predicted molar refractivity (Wildman–Crippen MR) is 87.0 cm³/mol. The summed E-state index contributed by atoms with van der Waals surface area (Å²) in [6, 6.07) is 7.82. The predicted octanol–water partition coefficient (Wildman–Crippen LogP) is 2.11. The Morgan fingerprint density at radius 1 is 1.30 bits per heavy atom. The van der Waals surface area contributed by atoms with Gasteiger partial charge in [-0.2, -0.15) is 0 Å². The van der Waals surface area contributed by atoms with Gasteiger partial charge in [0.25, 0.3) is 5.91 Å². The molecule has 2 aliphatic rings. The van der Waals surface area contributed by atoms with Crippen molar-refractivity contribution in [3.63, 3.8) is 0 Å². The Morgan fingerprint density at radius 2 is 2.00 bits per heavy atom. The lowest BCUT2D eigenvalue weighted by molar-refractivity contribution is -0.126. The molecule has 0 unspecified atom stereocenters. The van der Waals surface area contributed by atoms with Crippen LogP contribution >= 0.6 is 0 Å². The van der Waals surface area contributed by atoms with Gasteiger partial charge in [0.1, 0.15) is 0 Å². The van der Waals surface area contributed by atoms with Crippen molar-refractivity contribution in [2.24, 2.45) is 0 Å². The van der Waals surface area contributed by atoms with Crippen molar-refractivity contribution in [3.8, 4) is 0 Å². The summed E-state index contributed by atoms with van der Waals surface area (Å²) in [6.07, 6.45) is 1.75. The van der Waals surface area contributed by atoms with Gasteiger partial charge in [-0.3, -0.25) is 9.59 Å². The zero-order chi connectivity index (χ0) is 16.4. The Hall–Kier alpha value is -1.88. The summed E-state index contributed by atoms with van der Waals surface area (Å²) in [6.45, 7) is 5.67. The molecule has 2 heterocycles. The normalized spacial score (nSPS) is 19.8. The zero-order valence-corrected chi connectivity index (χ0v) is 13.8. The number of nitrogens with zero attached hydrogens (tertiary/aromatic N) is 1. The number of ether oxygens (including phenoxy) is 1. The second-order valence-electron chi connectivity index (χ2n) is 6.78. The van der Waals surface area contributed by atoms with Gasteiger partial charge in [0, 0.05) is 31.4 Å². The van der Waals surface area contributed by atoms with Crippen molar-refractivity contribution in [2.45, 2.75) is 51.2 Å². The number of amides is 2. The van der Waals surface area contributed by atoms with Crippen LogP contribution in [0, 0.1) is 0 Å². The Morgan fingerprint density at radius 3 is 2.65 bits per heavy atom. The second kappa shape index (κ2) is 6.32. The average molecular weight is 316 g/mol. The molecule has 1 saturated heterocycles. The van der Waals surface area contributed by atoms with Crippen molar-refractivity contribution in [3.05, 3.63) is 35.4 Å². The number of carbonyl (C=O) groups excluding carboxylic acids is 2. The smallest absolute Gasteiger partial charge is 0.254 e. The van der Waals surface area contributed by atoms with Gasteiger partial charge in [-0.05, 0) is 38.3 Å². The minimum absolute atomic E-state index is 0.00524. The molecule has 1 N–H and O–H groups in total. The molecule has 2 aliphatic heterocycles. The Kier molecular flexibility index (Phi) is 4.39. The van der Waals surface area contributed by atoms with Crippen LogP contribution in [0.2, 0.25) is 0 Å². The number of nitrogens with one attached hydrogen (secondary N) is 1. The molecule has 5 heteroatoms. The molecule has 1 aromatic carbocycles. The molecule has 0 bridgehead atoms. The highest BCUT2D eigenvalue weighted by Crippen LogP contribution is 2.37. The highest BCUT2D eigenvalue weighted by atomic mass is 16.5. The first-order chi connectivity index (χ1) is 11.0. The third-order valence-corrected chi connectivity index (χ3v) is 4.76. The van der Waals surface area contributed by atoms with Crippen LogP contribution in [-0.2, 0) is 16.1 Å². The molecule has 3 rings (SSSR count). The number of hydrogen-bond donors (Lipinski definition) is 1. The molecule has 5 nitrogen and oxygen atoms in total. The monoisotopic (exact) mass is 316 g/mol. The molecule has 1 fully saturated rings. The molecular formula is C18H24N2O3. The second-order valence-corrected chi connectivity index (χ2v) is 6.78. The largest absolute Gasteiger partial charge is 0.381 e. The van der Waals surface area contributed by atoms with E-state index in [2.05, 4.69) is 5.32 Å². The number of carbonyl (C=O) groups is 2. The van der Waals surface area contributed by atoms with Crippen molar-refractivity contribution in [1.29, 1.82) is 0 Å². The average Bonchev–Trinajstić information content (AvgIpc) is 2.85. The van der Waals surface area contributed by atoms with E-state index < -0.39 is 5.54 Å². The first-order valence-corrected chi connectivity index (χ1v) is 8.29. The van der Waals surface area contributed by atoms with E-state index in [4.69, 9.17) is 4.74 Å². The Balaban J connectivity index is 1.85. The van der Waals surface area contributed by atoms with E-state index in [1.165, 1.54) is 0 Å². The first-order valence-electron chi connectivity index (χ1n) is 8.29. The summed E-state index contributed by atoms with van der Waals surface area (Å²) in [7, 11) is 0. The summed E-state index contributed by atoms with van der Waals surface area (Å²) in [5.74, 6) is 0.0468. The van der Waals surface area contributed by atoms with E-state index in [1.54, 1.807) is 0 Å². The molecular weight excluding hydrogens is 292 g/mol. The SMILES string of the molecule is CC(C)NC(=O)CC1(N2Cc3ccccc3C2=O)CCOCC1. The van der Waals surface area contributed by atoms with E-state index in [0.717, 1.165) is 11.1 Å². The van der Waals surface area contributed by atoms with E-state index in [1.807, 2.05) is 43.0 Å². The molecule has 0 aliphatic carbocycles. The fourth-order valence-corrected chi connectivity index (χ4v) is 3.60. The van der Waals surface area contributed by atoms with Gasteiger partial charge in [-0.1, -0.05) is 18.2 Å². The Labute approximate surface area is 137 Å². The van der Waals surface area contributed by atoms with E-state index in [9.17, 15) is 9.59 Å². The number of benzene rings is 1. The number of hydrogen-bond acceptors (Lipinski definition) is 3. The summed E-state index contributed by atoms with van der Waals surface area (Å²) < 4.78 is 5.49. The van der Waals surface area contributed by atoms with Gasteiger partial charge in [-0.25, -0.2) is 0 Å². The third-order valence-electron chi connectivity index (χ3n) is 4.76. The minimum Gasteiger partial charge on any atom is -0.381 e.